The molecule has 2 heterocycles. The molecule has 100 valence electrons. The van der Waals surface area contributed by atoms with Crippen molar-refractivity contribution in [2.45, 2.75) is 5.25 Å². The lowest BCUT2D eigenvalue weighted by Crippen LogP contribution is -1.94. The minimum Gasteiger partial charge on any atom is -0.419 e. The Labute approximate surface area is 120 Å². The number of rotatable bonds is 3. The number of benzene rings is 1. The summed E-state index contributed by atoms with van der Waals surface area (Å²) in [6, 6.07) is 9.56. The maximum atomic E-state index is 12.9. The lowest BCUT2D eigenvalue weighted by Gasteiger charge is -2.04. The van der Waals surface area contributed by atoms with Gasteiger partial charge in [-0.1, -0.05) is 6.07 Å². The van der Waals surface area contributed by atoms with Crippen LogP contribution in [-0.4, -0.2) is 15.2 Å². The van der Waals surface area contributed by atoms with Crippen LogP contribution in [0.1, 0.15) is 16.7 Å². The van der Waals surface area contributed by atoms with Crippen LogP contribution in [-0.2, 0) is 0 Å². The Morgan fingerprint density at radius 1 is 1.10 bits per heavy atom. The van der Waals surface area contributed by atoms with Crippen LogP contribution in [0.5, 0.6) is 0 Å². The Kier molecular flexibility index (Phi) is 3.47. The molecule has 0 aliphatic heterocycles. The van der Waals surface area contributed by atoms with Gasteiger partial charge in [0.15, 0.2) is 0 Å². The summed E-state index contributed by atoms with van der Waals surface area (Å²) < 4.78 is 18.4. The topological polar surface area (TPSA) is 51.8 Å². The van der Waals surface area contributed by atoms with E-state index >= 15 is 0 Å². The summed E-state index contributed by atoms with van der Waals surface area (Å²) in [5.41, 5.74) is 1.53. The van der Waals surface area contributed by atoms with Crippen LogP contribution in [0, 0.1) is 5.82 Å². The molecule has 4 nitrogen and oxygen atoms in total. The van der Waals surface area contributed by atoms with E-state index in [1.807, 2.05) is 12.1 Å². The second-order valence-corrected chi connectivity index (χ2v) is 4.66. The standard InChI is InChI=1S/C14H10FN3OS/c15-11-5-3-9(4-6-11)13-17-18-14(19-13)12(20)10-2-1-7-16-8-10/h1-8,12,20H. The smallest absolute Gasteiger partial charge is 0.247 e. The maximum Gasteiger partial charge on any atom is 0.247 e. The van der Waals surface area contributed by atoms with Gasteiger partial charge in [-0.3, -0.25) is 4.98 Å². The average Bonchev–Trinajstić information content (AvgIpc) is 2.98. The van der Waals surface area contributed by atoms with Gasteiger partial charge in [0.2, 0.25) is 11.8 Å². The van der Waals surface area contributed by atoms with Crippen molar-refractivity contribution in [2.75, 3.05) is 0 Å². The van der Waals surface area contributed by atoms with Gasteiger partial charge in [-0.2, -0.15) is 12.6 Å². The van der Waals surface area contributed by atoms with Crippen molar-refractivity contribution in [3.8, 4) is 11.5 Å². The lowest BCUT2D eigenvalue weighted by atomic mass is 10.2. The van der Waals surface area contributed by atoms with Gasteiger partial charge in [0.1, 0.15) is 11.1 Å². The Morgan fingerprint density at radius 2 is 1.90 bits per heavy atom. The summed E-state index contributed by atoms with van der Waals surface area (Å²) in [5.74, 6) is 0.402. The van der Waals surface area contributed by atoms with Crippen LogP contribution in [0.15, 0.2) is 53.2 Å². The highest BCUT2D eigenvalue weighted by atomic mass is 32.1. The summed E-state index contributed by atoms with van der Waals surface area (Å²) in [6.45, 7) is 0. The molecule has 0 fully saturated rings. The van der Waals surface area contributed by atoms with E-state index < -0.39 is 0 Å². The van der Waals surface area contributed by atoms with E-state index in [4.69, 9.17) is 4.42 Å². The average molecular weight is 287 g/mol. The molecule has 0 saturated heterocycles. The minimum absolute atomic E-state index is 0.309. The number of aromatic nitrogens is 3. The molecule has 0 bridgehead atoms. The first kappa shape index (κ1) is 12.8. The Morgan fingerprint density at radius 3 is 2.60 bits per heavy atom. The fourth-order valence-electron chi connectivity index (χ4n) is 1.73. The largest absolute Gasteiger partial charge is 0.419 e. The third-order valence-corrected chi connectivity index (χ3v) is 3.28. The van der Waals surface area contributed by atoms with E-state index in [9.17, 15) is 4.39 Å². The molecule has 0 aliphatic rings. The van der Waals surface area contributed by atoms with Gasteiger partial charge in [-0.25, -0.2) is 4.39 Å². The van der Waals surface area contributed by atoms with Crippen molar-refractivity contribution in [3.63, 3.8) is 0 Å². The normalized spacial score (nSPS) is 12.3. The molecule has 3 aromatic rings. The van der Waals surface area contributed by atoms with E-state index in [0.717, 1.165) is 5.56 Å². The number of hydrogen-bond donors (Lipinski definition) is 1. The number of thiol groups is 1. The molecule has 6 heteroatoms. The third-order valence-electron chi connectivity index (χ3n) is 2.77. The van der Waals surface area contributed by atoms with E-state index in [-0.39, 0.29) is 11.1 Å². The zero-order valence-electron chi connectivity index (χ0n) is 10.3. The predicted octanol–water partition coefficient (Wildman–Crippen LogP) is 3.29. The molecule has 3 rings (SSSR count). The van der Waals surface area contributed by atoms with E-state index in [1.54, 1.807) is 24.5 Å². The molecule has 0 amide bonds. The zero-order chi connectivity index (χ0) is 13.9. The highest BCUT2D eigenvalue weighted by Crippen LogP contribution is 2.28. The predicted molar refractivity (Wildman–Crippen MR) is 74.8 cm³/mol. The molecule has 0 spiro atoms. The van der Waals surface area contributed by atoms with E-state index in [0.29, 0.717) is 17.3 Å². The van der Waals surface area contributed by atoms with E-state index in [2.05, 4.69) is 27.8 Å². The van der Waals surface area contributed by atoms with Crippen LogP contribution in [0.4, 0.5) is 4.39 Å². The highest BCUT2D eigenvalue weighted by molar-refractivity contribution is 7.80. The van der Waals surface area contributed by atoms with Gasteiger partial charge in [-0.15, -0.1) is 10.2 Å². The van der Waals surface area contributed by atoms with Crippen molar-refractivity contribution in [1.29, 1.82) is 0 Å². The van der Waals surface area contributed by atoms with Gasteiger partial charge in [0.25, 0.3) is 0 Å². The monoisotopic (exact) mass is 287 g/mol. The van der Waals surface area contributed by atoms with Gasteiger partial charge in [0.05, 0.1) is 0 Å². The van der Waals surface area contributed by atoms with Crippen molar-refractivity contribution in [3.05, 3.63) is 66.1 Å². The van der Waals surface area contributed by atoms with Crippen LogP contribution in [0.25, 0.3) is 11.5 Å². The fraction of sp³-hybridized carbons (Fsp3) is 0.0714. The van der Waals surface area contributed by atoms with Crippen molar-refractivity contribution in [1.82, 2.24) is 15.2 Å². The second kappa shape index (κ2) is 5.42. The lowest BCUT2D eigenvalue weighted by molar-refractivity contribution is 0.515. The zero-order valence-corrected chi connectivity index (χ0v) is 11.2. The molecule has 20 heavy (non-hydrogen) atoms. The molecular formula is C14H10FN3OS. The summed E-state index contributed by atoms with van der Waals surface area (Å²) in [5, 5.41) is 7.59. The minimum atomic E-state index is -0.342. The van der Waals surface area contributed by atoms with Crippen LogP contribution in [0.3, 0.4) is 0 Å². The SMILES string of the molecule is Fc1ccc(-c2nnc(C(S)c3cccnc3)o2)cc1. The Balaban J connectivity index is 1.89. The summed E-state index contributed by atoms with van der Waals surface area (Å²) in [4.78, 5) is 4.03. The Bertz CT molecular complexity index is 700. The summed E-state index contributed by atoms with van der Waals surface area (Å²) >= 11 is 4.45. The summed E-state index contributed by atoms with van der Waals surface area (Å²) in [6.07, 6.45) is 3.38. The molecular weight excluding hydrogens is 277 g/mol. The number of nitrogens with zero attached hydrogens (tertiary/aromatic N) is 3. The van der Waals surface area contributed by atoms with Crippen LogP contribution < -0.4 is 0 Å². The van der Waals surface area contributed by atoms with Crippen molar-refractivity contribution >= 4 is 12.6 Å². The molecule has 0 radical (unpaired) electrons. The maximum absolute atomic E-state index is 12.9. The quantitative estimate of drug-likeness (QED) is 0.751. The van der Waals surface area contributed by atoms with Crippen LogP contribution >= 0.6 is 12.6 Å². The number of hydrogen-bond acceptors (Lipinski definition) is 5. The molecule has 1 atom stereocenters. The first-order chi connectivity index (χ1) is 9.74. The molecule has 2 aromatic heterocycles. The summed E-state index contributed by atoms with van der Waals surface area (Å²) in [7, 11) is 0. The fourth-order valence-corrected chi connectivity index (χ4v) is 1.99. The number of pyridine rings is 1. The highest BCUT2D eigenvalue weighted by Gasteiger charge is 2.17. The van der Waals surface area contributed by atoms with E-state index in [1.165, 1.54) is 12.1 Å². The molecule has 0 N–H and O–H groups in total. The third kappa shape index (κ3) is 2.55. The number of halogens is 1. The van der Waals surface area contributed by atoms with Gasteiger partial charge in [0, 0.05) is 18.0 Å². The van der Waals surface area contributed by atoms with Crippen LogP contribution in [0.2, 0.25) is 0 Å². The van der Waals surface area contributed by atoms with Gasteiger partial charge in [-0.05, 0) is 35.9 Å². The molecule has 0 saturated carbocycles. The Hall–Kier alpha value is -2.21. The first-order valence-corrected chi connectivity index (χ1v) is 6.43. The second-order valence-electron chi connectivity index (χ2n) is 4.14. The van der Waals surface area contributed by atoms with Crippen molar-refractivity contribution < 1.29 is 8.81 Å². The van der Waals surface area contributed by atoms with Gasteiger partial charge >= 0.3 is 0 Å². The van der Waals surface area contributed by atoms with Crippen molar-refractivity contribution in [2.24, 2.45) is 0 Å². The first-order valence-electron chi connectivity index (χ1n) is 5.91. The molecule has 0 aliphatic carbocycles. The molecule has 1 unspecified atom stereocenters. The van der Waals surface area contributed by atoms with Gasteiger partial charge < -0.3 is 4.42 Å². The molecule has 1 aromatic carbocycles.